The summed E-state index contributed by atoms with van der Waals surface area (Å²) < 4.78 is 0. The van der Waals surface area contributed by atoms with Gasteiger partial charge in [-0.2, -0.15) is 0 Å². The van der Waals surface area contributed by atoms with Gasteiger partial charge in [-0.1, -0.05) is 19.1 Å². The quantitative estimate of drug-likeness (QED) is 0.710. The van der Waals surface area contributed by atoms with Crippen LogP contribution >= 0.6 is 11.8 Å². The van der Waals surface area contributed by atoms with Crippen LogP contribution in [0.25, 0.3) is 0 Å². The van der Waals surface area contributed by atoms with Gasteiger partial charge >= 0.3 is 0 Å². The molecule has 2 nitrogen and oxygen atoms in total. The van der Waals surface area contributed by atoms with E-state index in [2.05, 4.69) is 50.4 Å². The van der Waals surface area contributed by atoms with Crippen LogP contribution in [-0.2, 0) is 6.42 Å². The first kappa shape index (κ1) is 15.5. The van der Waals surface area contributed by atoms with E-state index in [0.29, 0.717) is 0 Å². The van der Waals surface area contributed by atoms with Crippen molar-refractivity contribution in [3.05, 3.63) is 29.8 Å². The molecule has 0 aromatic heterocycles. The molecule has 0 amide bonds. The Morgan fingerprint density at radius 3 is 2.44 bits per heavy atom. The Hall–Kier alpha value is -0.510. The molecule has 0 heterocycles. The smallest absolute Gasteiger partial charge is 0.0137 e. The molecule has 0 fully saturated rings. The van der Waals surface area contributed by atoms with Gasteiger partial charge in [-0.05, 0) is 63.2 Å². The second-order valence-electron chi connectivity index (χ2n) is 5.18. The highest BCUT2D eigenvalue weighted by Crippen LogP contribution is 2.17. The van der Waals surface area contributed by atoms with Crippen molar-refractivity contribution in [1.29, 1.82) is 0 Å². The highest BCUT2D eigenvalue weighted by Gasteiger charge is 2.14. The molecule has 0 radical (unpaired) electrons. The predicted octanol–water partition coefficient (Wildman–Crippen LogP) is 3.06. The second kappa shape index (κ2) is 7.82. The van der Waals surface area contributed by atoms with Crippen molar-refractivity contribution in [2.24, 2.45) is 5.73 Å². The van der Waals surface area contributed by atoms with Crippen LogP contribution in [0.4, 0.5) is 0 Å². The largest absolute Gasteiger partial charge is 0.330 e. The van der Waals surface area contributed by atoms with Crippen LogP contribution in [0.15, 0.2) is 29.2 Å². The molecular formula is C15H26N2S. The Morgan fingerprint density at radius 1 is 1.22 bits per heavy atom. The monoisotopic (exact) mass is 266 g/mol. The second-order valence-corrected chi connectivity index (χ2v) is 6.51. The molecule has 1 aromatic carbocycles. The summed E-state index contributed by atoms with van der Waals surface area (Å²) in [6.45, 7) is 8.35. The zero-order chi connectivity index (χ0) is 13.4. The third-order valence-electron chi connectivity index (χ3n) is 3.02. The van der Waals surface area contributed by atoms with Crippen molar-refractivity contribution in [1.82, 2.24) is 5.32 Å². The summed E-state index contributed by atoms with van der Waals surface area (Å²) in [5, 5.41) is 3.56. The standard InChI is InChI=1S/C15H26N2S/c1-4-18-14-7-5-13(6-8-14)9-12-17-15(2,3)10-11-16/h5-8,17H,4,9-12,16H2,1-3H3. The van der Waals surface area contributed by atoms with E-state index in [9.17, 15) is 0 Å². The van der Waals surface area contributed by atoms with Crippen LogP contribution in [0.2, 0.25) is 0 Å². The Bertz CT molecular complexity index is 333. The fourth-order valence-corrected chi connectivity index (χ4v) is 2.58. The van der Waals surface area contributed by atoms with Crippen molar-refractivity contribution in [3.8, 4) is 0 Å². The molecule has 0 spiro atoms. The Balaban J connectivity index is 2.35. The van der Waals surface area contributed by atoms with Gasteiger partial charge < -0.3 is 11.1 Å². The van der Waals surface area contributed by atoms with E-state index in [1.807, 2.05) is 11.8 Å². The first-order valence-electron chi connectivity index (χ1n) is 6.74. The third-order valence-corrected chi connectivity index (χ3v) is 3.92. The number of rotatable bonds is 8. The van der Waals surface area contributed by atoms with Gasteiger partial charge in [0.1, 0.15) is 0 Å². The first-order chi connectivity index (χ1) is 8.57. The third kappa shape index (κ3) is 5.89. The lowest BCUT2D eigenvalue weighted by Crippen LogP contribution is -2.41. The van der Waals surface area contributed by atoms with Crippen molar-refractivity contribution >= 4 is 11.8 Å². The van der Waals surface area contributed by atoms with E-state index >= 15 is 0 Å². The van der Waals surface area contributed by atoms with E-state index in [1.165, 1.54) is 10.5 Å². The average molecular weight is 266 g/mol. The summed E-state index contributed by atoms with van der Waals surface area (Å²) >= 11 is 1.89. The van der Waals surface area contributed by atoms with Gasteiger partial charge in [0.25, 0.3) is 0 Å². The molecular weight excluding hydrogens is 240 g/mol. The van der Waals surface area contributed by atoms with Gasteiger partial charge in [0.2, 0.25) is 0 Å². The van der Waals surface area contributed by atoms with Crippen molar-refractivity contribution in [2.45, 2.75) is 44.0 Å². The van der Waals surface area contributed by atoms with E-state index < -0.39 is 0 Å². The Morgan fingerprint density at radius 2 is 1.89 bits per heavy atom. The van der Waals surface area contributed by atoms with Crippen LogP contribution in [0, 0.1) is 0 Å². The van der Waals surface area contributed by atoms with Gasteiger partial charge in [0.05, 0.1) is 0 Å². The topological polar surface area (TPSA) is 38.0 Å². The minimum Gasteiger partial charge on any atom is -0.330 e. The predicted molar refractivity (Wildman–Crippen MR) is 82.3 cm³/mol. The number of nitrogens with one attached hydrogen (secondary N) is 1. The number of hydrogen-bond acceptors (Lipinski definition) is 3. The van der Waals surface area contributed by atoms with E-state index in [-0.39, 0.29) is 5.54 Å². The molecule has 0 saturated heterocycles. The van der Waals surface area contributed by atoms with Crippen LogP contribution in [0.3, 0.4) is 0 Å². The number of benzene rings is 1. The van der Waals surface area contributed by atoms with Gasteiger partial charge in [-0.3, -0.25) is 0 Å². The van der Waals surface area contributed by atoms with Crippen LogP contribution in [0.1, 0.15) is 32.8 Å². The maximum atomic E-state index is 5.60. The molecule has 0 atom stereocenters. The highest BCUT2D eigenvalue weighted by molar-refractivity contribution is 7.99. The van der Waals surface area contributed by atoms with E-state index in [4.69, 9.17) is 5.73 Å². The normalized spacial score (nSPS) is 11.8. The van der Waals surface area contributed by atoms with Gasteiger partial charge in [-0.25, -0.2) is 0 Å². The summed E-state index contributed by atoms with van der Waals surface area (Å²) in [5.74, 6) is 1.13. The Kier molecular flexibility index (Phi) is 6.76. The van der Waals surface area contributed by atoms with Gasteiger partial charge in [0.15, 0.2) is 0 Å². The summed E-state index contributed by atoms with van der Waals surface area (Å²) in [5.41, 5.74) is 7.14. The lowest BCUT2D eigenvalue weighted by atomic mass is 10.0. The van der Waals surface area contributed by atoms with Crippen molar-refractivity contribution < 1.29 is 0 Å². The van der Waals surface area contributed by atoms with Gasteiger partial charge in [-0.15, -0.1) is 11.8 Å². The fraction of sp³-hybridized carbons (Fsp3) is 0.600. The molecule has 0 aliphatic carbocycles. The summed E-state index contributed by atoms with van der Waals surface area (Å²) in [7, 11) is 0. The van der Waals surface area contributed by atoms with E-state index in [1.54, 1.807) is 0 Å². The lowest BCUT2D eigenvalue weighted by molar-refractivity contribution is 0.370. The van der Waals surface area contributed by atoms with Gasteiger partial charge in [0, 0.05) is 10.4 Å². The molecule has 0 saturated carbocycles. The van der Waals surface area contributed by atoms with Crippen LogP contribution in [-0.4, -0.2) is 24.4 Å². The molecule has 1 aromatic rings. The molecule has 3 heteroatoms. The van der Waals surface area contributed by atoms with E-state index in [0.717, 1.165) is 31.7 Å². The van der Waals surface area contributed by atoms with Crippen LogP contribution < -0.4 is 11.1 Å². The minimum atomic E-state index is 0.146. The Labute approximate surface area is 116 Å². The summed E-state index contributed by atoms with van der Waals surface area (Å²) in [6, 6.07) is 8.90. The molecule has 0 aliphatic rings. The lowest BCUT2D eigenvalue weighted by Gasteiger charge is -2.25. The highest BCUT2D eigenvalue weighted by atomic mass is 32.2. The van der Waals surface area contributed by atoms with Crippen molar-refractivity contribution in [3.63, 3.8) is 0 Å². The molecule has 0 aliphatic heterocycles. The molecule has 1 rings (SSSR count). The molecule has 3 N–H and O–H groups in total. The maximum Gasteiger partial charge on any atom is 0.0137 e. The summed E-state index contributed by atoms with van der Waals surface area (Å²) in [4.78, 5) is 1.36. The molecule has 18 heavy (non-hydrogen) atoms. The zero-order valence-corrected chi connectivity index (χ0v) is 12.6. The number of nitrogens with two attached hydrogens (primary N) is 1. The minimum absolute atomic E-state index is 0.146. The SMILES string of the molecule is CCSc1ccc(CCNC(C)(C)CCN)cc1. The molecule has 0 bridgehead atoms. The number of hydrogen-bond donors (Lipinski definition) is 2. The van der Waals surface area contributed by atoms with Crippen molar-refractivity contribution in [2.75, 3.05) is 18.8 Å². The maximum absolute atomic E-state index is 5.60. The van der Waals surface area contributed by atoms with Crippen LogP contribution in [0.5, 0.6) is 0 Å². The number of thioether (sulfide) groups is 1. The fourth-order valence-electron chi connectivity index (χ4n) is 1.91. The first-order valence-corrected chi connectivity index (χ1v) is 7.73. The molecule has 102 valence electrons. The summed E-state index contributed by atoms with van der Waals surface area (Å²) in [6.07, 6.45) is 2.09. The molecule has 0 unspecified atom stereocenters. The zero-order valence-electron chi connectivity index (χ0n) is 11.8. The average Bonchev–Trinajstić information content (AvgIpc) is 2.31.